The summed E-state index contributed by atoms with van der Waals surface area (Å²) in [6, 6.07) is 10.4. The van der Waals surface area contributed by atoms with E-state index < -0.39 is 5.82 Å². The first-order chi connectivity index (χ1) is 12.0. The van der Waals surface area contributed by atoms with Crippen LogP contribution in [0.25, 0.3) is 11.3 Å². The summed E-state index contributed by atoms with van der Waals surface area (Å²) in [5.74, 6) is -0.307. The molecule has 0 radical (unpaired) electrons. The van der Waals surface area contributed by atoms with Crippen LogP contribution in [-0.4, -0.2) is 10.9 Å². The highest BCUT2D eigenvalue weighted by Gasteiger charge is 2.12. The lowest BCUT2D eigenvalue weighted by Crippen LogP contribution is -2.13. The molecular weight excluding hydrogens is 326 g/mol. The molecular formula is C19H16F2N2O2. The van der Waals surface area contributed by atoms with Crippen LogP contribution in [0.2, 0.25) is 0 Å². The molecule has 0 aliphatic rings. The Morgan fingerprint density at radius 1 is 1.20 bits per heavy atom. The van der Waals surface area contributed by atoms with E-state index in [2.05, 4.69) is 10.3 Å². The quantitative estimate of drug-likeness (QED) is 0.743. The molecule has 0 bridgehead atoms. The van der Waals surface area contributed by atoms with Gasteiger partial charge in [0.15, 0.2) is 11.7 Å². The van der Waals surface area contributed by atoms with Crippen molar-refractivity contribution in [3.05, 3.63) is 71.8 Å². The number of aromatic nitrogens is 1. The zero-order valence-corrected chi connectivity index (χ0v) is 13.6. The summed E-state index contributed by atoms with van der Waals surface area (Å²) in [6.45, 7) is 1.72. The summed E-state index contributed by atoms with van der Waals surface area (Å²) in [5, 5.41) is 2.72. The van der Waals surface area contributed by atoms with Crippen LogP contribution in [0.15, 0.2) is 53.1 Å². The zero-order valence-electron chi connectivity index (χ0n) is 13.6. The van der Waals surface area contributed by atoms with Gasteiger partial charge >= 0.3 is 0 Å². The van der Waals surface area contributed by atoms with Gasteiger partial charge < -0.3 is 9.73 Å². The maximum absolute atomic E-state index is 13.7. The minimum absolute atomic E-state index is 0.147. The van der Waals surface area contributed by atoms with Crippen LogP contribution in [0, 0.1) is 18.6 Å². The van der Waals surface area contributed by atoms with Gasteiger partial charge in [-0.05, 0) is 42.8 Å². The standard InChI is InChI=1S/C19H16F2N2O2/c1-12-10-13(20)6-7-16(12)23-18(24)8-9-19-22-11-17(25-19)14-4-2-3-5-15(14)21/h2-7,10-11H,8-9H2,1H3,(H,23,24). The molecule has 0 fully saturated rings. The van der Waals surface area contributed by atoms with E-state index in [0.29, 0.717) is 28.5 Å². The molecule has 2 aromatic carbocycles. The van der Waals surface area contributed by atoms with Gasteiger partial charge in [-0.15, -0.1) is 0 Å². The molecule has 0 saturated carbocycles. The number of rotatable bonds is 5. The maximum atomic E-state index is 13.7. The van der Waals surface area contributed by atoms with Crippen molar-refractivity contribution in [1.29, 1.82) is 0 Å². The lowest BCUT2D eigenvalue weighted by atomic mass is 10.2. The minimum atomic E-state index is -0.394. The SMILES string of the molecule is Cc1cc(F)ccc1NC(=O)CCc1ncc(-c2ccccc2F)o1. The average molecular weight is 342 g/mol. The number of hydrogen-bond acceptors (Lipinski definition) is 3. The zero-order chi connectivity index (χ0) is 17.8. The van der Waals surface area contributed by atoms with E-state index in [1.807, 2.05) is 0 Å². The van der Waals surface area contributed by atoms with Gasteiger partial charge in [-0.3, -0.25) is 4.79 Å². The molecule has 1 N–H and O–H groups in total. The van der Waals surface area contributed by atoms with Crippen LogP contribution in [0.3, 0.4) is 0 Å². The van der Waals surface area contributed by atoms with Gasteiger partial charge in [-0.2, -0.15) is 0 Å². The summed E-state index contributed by atoms with van der Waals surface area (Å²) < 4.78 is 32.3. The number of aryl methyl sites for hydroxylation is 2. The van der Waals surface area contributed by atoms with Crippen LogP contribution in [0.5, 0.6) is 0 Å². The second kappa shape index (κ2) is 7.25. The third-order valence-electron chi connectivity index (χ3n) is 3.72. The van der Waals surface area contributed by atoms with Crippen LogP contribution in [0.1, 0.15) is 17.9 Å². The Hall–Kier alpha value is -3.02. The van der Waals surface area contributed by atoms with Crippen molar-refractivity contribution in [2.45, 2.75) is 19.8 Å². The van der Waals surface area contributed by atoms with Gasteiger partial charge in [0.25, 0.3) is 0 Å². The lowest BCUT2D eigenvalue weighted by molar-refractivity contribution is -0.116. The fourth-order valence-corrected chi connectivity index (χ4v) is 2.41. The molecule has 0 atom stereocenters. The third-order valence-corrected chi connectivity index (χ3v) is 3.72. The smallest absolute Gasteiger partial charge is 0.224 e. The first-order valence-corrected chi connectivity index (χ1v) is 7.78. The molecule has 3 rings (SSSR count). The van der Waals surface area contributed by atoms with E-state index in [0.717, 1.165) is 0 Å². The number of oxazole rings is 1. The molecule has 1 aromatic heterocycles. The molecule has 6 heteroatoms. The van der Waals surface area contributed by atoms with E-state index >= 15 is 0 Å². The molecule has 25 heavy (non-hydrogen) atoms. The predicted molar refractivity (Wildman–Crippen MR) is 90.0 cm³/mol. The molecule has 0 spiro atoms. The highest BCUT2D eigenvalue weighted by Crippen LogP contribution is 2.23. The molecule has 1 amide bonds. The summed E-state index contributed by atoms with van der Waals surface area (Å²) in [4.78, 5) is 16.1. The lowest BCUT2D eigenvalue weighted by Gasteiger charge is -2.07. The summed E-state index contributed by atoms with van der Waals surface area (Å²) in [6.07, 6.45) is 1.87. The number of anilines is 1. The molecule has 128 valence electrons. The van der Waals surface area contributed by atoms with E-state index in [1.165, 1.54) is 30.5 Å². The minimum Gasteiger partial charge on any atom is -0.441 e. The van der Waals surface area contributed by atoms with Gasteiger partial charge in [0, 0.05) is 18.5 Å². The summed E-state index contributed by atoms with van der Waals surface area (Å²) in [7, 11) is 0. The Balaban J connectivity index is 1.60. The van der Waals surface area contributed by atoms with Crippen LogP contribution < -0.4 is 5.32 Å². The molecule has 0 aliphatic carbocycles. The second-order valence-corrected chi connectivity index (χ2v) is 5.61. The maximum Gasteiger partial charge on any atom is 0.224 e. The molecule has 1 heterocycles. The normalized spacial score (nSPS) is 10.7. The van der Waals surface area contributed by atoms with Gasteiger partial charge in [-0.1, -0.05) is 12.1 Å². The highest BCUT2D eigenvalue weighted by molar-refractivity contribution is 5.91. The monoisotopic (exact) mass is 342 g/mol. The van der Waals surface area contributed by atoms with Crippen molar-refractivity contribution >= 4 is 11.6 Å². The molecule has 0 aliphatic heterocycles. The van der Waals surface area contributed by atoms with Crippen LogP contribution >= 0.6 is 0 Å². The van der Waals surface area contributed by atoms with Gasteiger partial charge in [-0.25, -0.2) is 13.8 Å². The number of carbonyl (C=O) groups is 1. The second-order valence-electron chi connectivity index (χ2n) is 5.61. The number of hydrogen-bond donors (Lipinski definition) is 1. The highest BCUT2D eigenvalue weighted by atomic mass is 19.1. The predicted octanol–water partition coefficient (Wildman–Crippen LogP) is 4.50. The number of carbonyl (C=O) groups excluding carboxylic acids is 1. The Morgan fingerprint density at radius 3 is 2.76 bits per heavy atom. The van der Waals surface area contributed by atoms with Crippen molar-refractivity contribution in [3.63, 3.8) is 0 Å². The van der Waals surface area contributed by atoms with E-state index in [-0.39, 0.29) is 24.6 Å². The van der Waals surface area contributed by atoms with Crippen LogP contribution in [-0.2, 0) is 11.2 Å². The van der Waals surface area contributed by atoms with Crippen molar-refractivity contribution < 1.29 is 18.0 Å². The largest absolute Gasteiger partial charge is 0.441 e. The molecule has 0 saturated heterocycles. The number of amides is 1. The molecule has 3 aromatic rings. The van der Waals surface area contributed by atoms with Crippen LogP contribution in [0.4, 0.5) is 14.5 Å². The Kier molecular flexibility index (Phi) is 4.88. The Bertz CT molecular complexity index is 906. The average Bonchev–Trinajstić information content (AvgIpc) is 3.05. The van der Waals surface area contributed by atoms with Gasteiger partial charge in [0.05, 0.1) is 11.8 Å². The van der Waals surface area contributed by atoms with E-state index in [4.69, 9.17) is 4.42 Å². The summed E-state index contributed by atoms with van der Waals surface area (Å²) >= 11 is 0. The van der Waals surface area contributed by atoms with Crippen molar-refractivity contribution in [2.24, 2.45) is 0 Å². The number of nitrogens with zero attached hydrogens (tertiary/aromatic N) is 1. The van der Waals surface area contributed by atoms with Crippen molar-refractivity contribution in [2.75, 3.05) is 5.32 Å². The number of nitrogens with one attached hydrogen (secondary N) is 1. The van der Waals surface area contributed by atoms with E-state index in [9.17, 15) is 13.6 Å². The number of halogens is 2. The molecule has 4 nitrogen and oxygen atoms in total. The Morgan fingerprint density at radius 2 is 2.00 bits per heavy atom. The number of benzene rings is 2. The van der Waals surface area contributed by atoms with Gasteiger partial charge in [0.1, 0.15) is 11.6 Å². The first-order valence-electron chi connectivity index (χ1n) is 7.78. The van der Waals surface area contributed by atoms with Crippen molar-refractivity contribution in [1.82, 2.24) is 4.98 Å². The fourth-order valence-electron chi connectivity index (χ4n) is 2.41. The third kappa shape index (κ3) is 4.09. The van der Waals surface area contributed by atoms with E-state index in [1.54, 1.807) is 25.1 Å². The van der Waals surface area contributed by atoms with Gasteiger partial charge in [0.2, 0.25) is 5.91 Å². The Labute approximate surface area is 143 Å². The summed E-state index contributed by atoms with van der Waals surface area (Å²) in [5.41, 5.74) is 1.53. The molecule has 0 unspecified atom stereocenters. The topological polar surface area (TPSA) is 55.1 Å². The fraction of sp³-hybridized carbons (Fsp3) is 0.158. The first kappa shape index (κ1) is 16.8. The van der Waals surface area contributed by atoms with Crippen molar-refractivity contribution in [3.8, 4) is 11.3 Å².